The molecule has 0 unspecified atom stereocenters. The van der Waals surface area contributed by atoms with E-state index in [-0.39, 0.29) is 6.10 Å². The molecule has 17 heavy (non-hydrogen) atoms. The Balaban J connectivity index is 1.89. The summed E-state index contributed by atoms with van der Waals surface area (Å²) in [6.07, 6.45) is 0.418. The van der Waals surface area contributed by atoms with Crippen LogP contribution in [0, 0.1) is 0 Å². The molecule has 1 aromatic rings. The zero-order valence-electron chi connectivity index (χ0n) is 10.1. The summed E-state index contributed by atoms with van der Waals surface area (Å²) in [5.74, 6) is 1.62. The van der Waals surface area contributed by atoms with Crippen LogP contribution in [0.5, 0.6) is 11.5 Å². The molecule has 2 atom stereocenters. The molecule has 1 aliphatic rings. The van der Waals surface area contributed by atoms with Gasteiger partial charge in [-0.3, -0.25) is 0 Å². The van der Waals surface area contributed by atoms with Crippen molar-refractivity contribution in [1.29, 1.82) is 0 Å². The fraction of sp³-hybridized carbons (Fsp3) is 0.538. The van der Waals surface area contributed by atoms with E-state index < -0.39 is 6.10 Å². The Hall–Kier alpha value is -1.26. The van der Waals surface area contributed by atoms with Crippen molar-refractivity contribution in [1.82, 2.24) is 5.32 Å². The zero-order chi connectivity index (χ0) is 12.1. The molecule has 1 aromatic carbocycles. The van der Waals surface area contributed by atoms with Crippen molar-refractivity contribution < 1.29 is 14.6 Å². The number of ether oxygens (including phenoxy) is 2. The number of hydrogen-bond acceptors (Lipinski definition) is 4. The van der Waals surface area contributed by atoms with Crippen LogP contribution in [0.1, 0.15) is 13.3 Å². The zero-order valence-corrected chi connectivity index (χ0v) is 10.1. The van der Waals surface area contributed by atoms with Gasteiger partial charge in [-0.2, -0.15) is 0 Å². The lowest BCUT2D eigenvalue weighted by Gasteiger charge is -2.16. The van der Waals surface area contributed by atoms with Gasteiger partial charge in [-0.15, -0.1) is 0 Å². The first-order valence-electron chi connectivity index (χ1n) is 6.08. The van der Waals surface area contributed by atoms with Crippen LogP contribution in [-0.2, 0) is 0 Å². The molecule has 1 saturated heterocycles. The molecular weight excluding hydrogens is 218 g/mol. The van der Waals surface area contributed by atoms with E-state index in [0.29, 0.717) is 13.1 Å². The van der Waals surface area contributed by atoms with Crippen molar-refractivity contribution in [2.75, 3.05) is 19.7 Å². The highest BCUT2D eigenvalue weighted by molar-refractivity contribution is 5.31. The third-order valence-electron chi connectivity index (χ3n) is 2.71. The molecule has 0 aliphatic carbocycles. The minimum Gasteiger partial charge on any atom is -0.494 e. The molecule has 1 fully saturated rings. The first kappa shape index (κ1) is 12.2. The van der Waals surface area contributed by atoms with Gasteiger partial charge in [-0.1, -0.05) is 6.92 Å². The molecule has 0 aromatic heterocycles. The number of β-amino-alcohol motifs (C(OH)–C–C–N with tert-alkyl or cyclic N) is 1. The van der Waals surface area contributed by atoms with E-state index in [1.165, 1.54) is 0 Å². The van der Waals surface area contributed by atoms with Gasteiger partial charge in [-0.25, -0.2) is 0 Å². The van der Waals surface area contributed by atoms with Gasteiger partial charge in [0.25, 0.3) is 0 Å². The topological polar surface area (TPSA) is 50.7 Å². The fourth-order valence-corrected chi connectivity index (χ4v) is 1.77. The van der Waals surface area contributed by atoms with E-state index in [1.54, 1.807) is 0 Å². The summed E-state index contributed by atoms with van der Waals surface area (Å²) < 4.78 is 11.2. The van der Waals surface area contributed by atoms with E-state index >= 15 is 0 Å². The molecule has 94 valence electrons. The summed E-state index contributed by atoms with van der Waals surface area (Å²) in [7, 11) is 0. The van der Waals surface area contributed by atoms with Crippen LogP contribution in [0.2, 0.25) is 0 Å². The van der Waals surface area contributed by atoms with Crippen molar-refractivity contribution in [3.8, 4) is 11.5 Å². The van der Waals surface area contributed by atoms with E-state index in [0.717, 1.165) is 24.5 Å². The molecular formula is C13H19NO3. The Morgan fingerprint density at radius 1 is 1.24 bits per heavy atom. The highest BCUT2D eigenvalue weighted by Crippen LogP contribution is 2.20. The Bertz CT molecular complexity index is 339. The number of benzene rings is 1. The number of hydrogen-bond donors (Lipinski definition) is 2. The highest BCUT2D eigenvalue weighted by atomic mass is 16.5. The van der Waals surface area contributed by atoms with Crippen molar-refractivity contribution in [3.63, 3.8) is 0 Å². The minimum atomic E-state index is -0.425. The van der Waals surface area contributed by atoms with Gasteiger partial charge in [0.1, 0.15) is 23.7 Å². The number of aliphatic hydroxyl groups excluding tert-OH is 1. The molecule has 0 saturated carbocycles. The number of nitrogens with one attached hydrogen (secondary N) is 1. The van der Waals surface area contributed by atoms with Crippen molar-refractivity contribution >= 4 is 0 Å². The van der Waals surface area contributed by atoms with Gasteiger partial charge in [0.2, 0.25) is 0 Å². The van der Waals surface area contributed by atoms with Gasteiger partial charge >= 0.3 is 0 Å². The third kappa shape index (κ3) is 3.35. The molecule has 0 spiro atoms. The van der Waals surface area contributed by atoms with Crippen molar-refractivity contribution in [2.24, 2.45) is 0 Å². The van der Waals surface area contributed by atoms with E-state index in [9.17, 15) is 5.11 Å². The van der Waals surface area contributed by atoms with Gasteiger partial charge in [-0.05, 0) is 30.7 Å². The molecule has 4 heteroatoms. The maximum absolute atomic E-state index is 9.61. The monoisotopic (exact) mass is 237 g/mol. The Morgan fingerprint density at radius 2 is 1.94 bits per heavy atom. The predicted molar refractivity (Wildman–Crippen MR) is 65.5 cm³/mol. The Morgan fingerprint density at radius 3 is 2.53 bits per heavy atom. The van der Waals surface area contributed by atoms with Crippen LogP contribution in [0.15, 0.2) is 24.3 Å². The van der Waals surface area contributed by atoms with E-state index in [2.05, 4.69) is 12.2 Å². The fourth-order valence-electron chi connectivity index (χ4n) is 1.77. The SMILES string of the molecule is CCCOc1ccc(O[C@H]2CNC[C@@H]2O)cc1. The predicted octanol–water partition coefficient (Wildman–Crippen LogP) is 1.19. The van der Waals surface area contributed by atoms with Gasteiger partial charge in [0.05, 0.1) is 6.61 Å². The molecule has 1 aliphatic heterocycles. The second kappa shape index (κ2) is 5.89. The molecule has 1 heterocycles. The summed E-state index contributed by atoms with van der Waals surface area (Å²) in [5, 5.41) is 12.7. The second-order valence-corrected chi connectivity index (χ2v) is 4.20. The summed E-state index contributed by atoms with van der Waals surface area (Å²) in [6.45, 7) is 4.09. The molecule has 0 amide bonds. The molecule has 4 nitrogen and oxygen atoms in total. The first-order chi connectivity index (χ1) is 8.29. The minimum absolute atomic E-state index is 0.155. The van der Waals surface area contributed by atoms with Crippen LogP contribution in [-0.4, -0.2) is 37.0 Å². The molecule has 2 N–H and O–H groups in total. The highest BCUT2D eigenvalue weighted by Gasteiger charge is 2.26. The van der Waals surface area contributed by atoms with Crippen LogP contribution in [0.3, 0.4) is 0 Å². The number of rotatable bonds is 5. The van der Waals surface area contributed by atoms with E-state index in [4.69, 9.17) is 9.47 Å². The maximum Gasteiger partial charge on any atom is 0.138 e. The van der Waals surface area contributed by atoms with E-state index in [1.807, 2.05) is 24.3 Å². The molecule has 0 radical (unpaired) electrons. The third-order valence-corrected chi connectivity index (χ3v) is 2.71. The summed E-state index contributed by atoms with van der Waals surface area (Å²) >= 11 is 0. The lowest BCUT2D eigenvalue weighted by atomic mass is 10.2. The van der Waals surface area contributed by atoms with Gasteiger partial charge in [0, 0.05) is 13.1 Å². The quantitative estimate of drug-likeness (QED) is 0.807. The Kier molecular flexibility index (Phi) is 4.23. The summed E-state index contributed by atoms with van der Waals surface area (Å²) in [5.41, 5.74) is 0. The standard InChI is InChI=1S/C13H19NO3/c1-2-7-16-10-3-5-11(6-4-10)17-13-9-14-8-12(13)15/h3-6,12-15H,2,7-9H2,1H3/t12-,13-/m0/s1. The van der Waals surface area contributed by atoms with Crippen LogP contribution in [0.4, 0.5) is 0 Å². The van der Waals surface area contributed by atoms with Crippen LogP contribution < -0.4 is 14.8 Å². The van der Waals surface area contributed by atoms with Crippen LogP contribution in [0.25, 0.3) is 0 Å². The average molecular weight is 237 g/mol. The normalized spacial score (nSPS) is 23.6. The number of aliphatic hydroxyl groups is 1. The first-order valence-corrected chi connectivity index (χ1v) is 6.08. The molecule has 0 bridgehead atoms. The lowest BCUT2D eigenvalue weighted by molar-refractivity contribution is 0.0737. The van der Waals surface area contributed by atoms with Crippen LogP contribution >= 0.6 is 0 Å². The Labute approximate surface area is 102 Å². The lowest BCUT2D eigenvalue weighted by Crippen LogP contribution is -2.29. The average Bonchev–Trinajstić information content (AvgIpc) is 2.74. The van der Waals surface area contributed by atoms with Gasteiger partial charge < -0.3 is 19.9 Å². The van der Waals surface area contributed by atoms with Crippen molar-refractivity contribution in [3.05, 3.63) is 24.3 Å². The maximum atomic E-state index is 9.61. The van der Waals surface area contributed by atoms with Gasteiger partial charge in [0.15, 0.2) is 0 Å². The second-order valence-electron chi connectivity index (χ2n) is 4.20. The summed E-state index contributed by atoms with van der Waals surface area (Å²) in [6, 6.07) is 7.52. The largest absolute Gasteiger partial charge is 0.494 e. The smallest absolute Gasteiger partial charge is 0.138 e. The molecule has 2 rings (SSSR count). The van der Waals surface area contributed by atoms with Crippen molar-refractivity contribution in [2.45, 2.75) is 25.6 Å². The summed E-state index contributed by atoms with van der Waals surface area (Å²) in [4.78, 5) is 0.